The molecule has 2 heterocycles. The van der Waals surface area contributed by atoms with Gasteiger partial charge in [0.15, 0.2) is 0 Å². The first-order chi connectivity index (χ1) is 9.47. The molecular formula is C10H14Cl2N4O4. The van der Waals surface area contributed by atoms with Crippen LogP contribution in [-0.2, 0) is 9.59 Å². The van der Waals surface area contributed by atoms with Gasteiger partial charge in [-0.1, -0.05) is 0 Å². The molecule has 0 aromatic carbocycles. The van der Waals surface area contributed by atoms with E-state index in [9.17, 15) is 19.2 Å². The van der Waals surface area contributed by atoms with Crippen LogP contribution in [0.5, 0.6) is 0 Å². The monoisotopic (exact) mass is 324 g/mol. The summed E-state index contributed by atoms with van der Waals surface area (Å²) in [5, 5.41) is 9.05. The van der Waals surface area contributed by atoms with Crippen LogP contribution in [0.2, 0.25) is 0 Å². The zero-order valence-corrected chi connectivity index (χ0v) is 11.9. The van der Waals surface area contributed by atoms with Crippen LogP contribution in [0, 0.1) is 0 Å². The number of rotatable bonds is 4. The Morgan fingerprint density at radius 1 is 0.750 bits per heavy atom. The Balaban J connectivity index is 0.000000200. The molecule has 0 aromatic rings. The van der Waals surface area contributed by atoms with Crippen molar-refractivity contribution in [1.82, 2.24) is 21.3 Å². The molecule has 2 rings (SSSR count). The molecule has 0 saturated carbocycles. The van der Waals surface area contributed by atoms with E-state index in [4.69, 9.17) is 23.2 Å². The minimum atomic E-state index is -0.430. The topological polar surface area (TPSA) is 116 Å². The summed E-state index contributed by atoms with van der Waals surface area (Å²) in [6.45, 7) is 0. The van der Waals surface area contributed by atoms with Crippen molar-refractivity contribution >= 4 is 47.1 Å². The van der Waals surface area contributed by atoms with Gasteiger partial charge in [0, 0.05) is 11.8 Å². The van der Waals surface area contributed by atoms with Gasteiger partial charge in [-0.05, 0) is 12.8 Å². The van der Waals surface area contributed by atoms with Gasteiger partial charge in [-0.25, -0.2) is 9.59 Å². The fourth-order valence-electron chi connectivity index (χ4n) is 1.54. The average molecular weight is 325 g/mol. The Morgan fingerprint density at radius 3 is 1.30 bits per heavy atom. The summed E-state index contributed by atoms with van der Waals surface area (Å²) < 4.78 is 0. The molecule has 2 fully saturated rings. The normalized spacial score (nSPS) is 24.3. The number of urea groups is 2. The van der Waals surface area contributed by atoms with Crippen LogP contribution in [0.25, 0.3) is 0 Å². The summed E-state index contributed by atoms with van der Waals surface area (Å²) in [4.78, 5) is 42.3. The smallest absolute Gasteiger partial charge is 0.322 e. The van der Waals surface area contributed by atoms with Crippen molar-refractivity contribution in [2.45, 2.75) is 24.9 Å². The van der Waals surface area contributed by atoms with E-state index in [1.165, 1.54) is 0 Å². The van der Waals surface area contributed by atoms with E-state index in [-0.39, 0.29) is 11.8 Å². The average Bonchev–Trinajstić information content (AvgIpc) is 2.84. The molecule has 2 aliphatic heterocycles. The van der Waals surface area contributed by atoms with Gasteiger partial charge in [0.1, 0.15) is 12.1 Å². The van der Waals surface area contributed by atoms with E-state index in [1.54, 1.807) is 0 Å². The van der Waals surface area contributed by atoms with Crippen LogP contribution < -0.4 is 21.3 Å². The zero-order chi connectivity index (χ0) is 15.1. The number of hydrogen-bond donors (Lipinski definition) is 4. The number of hydrogen-bond acceptors (Lipinski definition) is 4. The standard InChI is InChI=1S/2C5H7ClN2O2/c2*6-2-1-3-4(9)8-5(10)7-3/h2*3H,1-2H2,(H2,7,8,9,10). The summed E-state index contributed by atoms with van der Waals surface area (Å²) in [6, 6.07) is -1.71. The Hall–Kier alpha value is -1.54. The number of carbonyl (C=O) groups excluding carboxylic acids is 4. The molecule has 2 aliphatic rings. The molecule has 10 heteroatoms. The minimum Gasteiger partial charge on any atom is -0.326 e. The van der Waals surface area contributed by atoms with Crippen LogP contribution in [-0.4, -0.2) is 47.7 Å². The number of amides is 6. The number of nitrogens with one attached hydrogen (secondary N) is 4. The van der Waals surface area contributed by atoms with E-state index < -0.39 is 24.1 Å². The molecule has 2 saturated heterocycles. The van der Waals surface area contributed by atoms with Crippen LogP contribution in [0.4, 0.5) is 9.59 Å². The fraction of sp³-hybridized carbons (Fsp3) is 0.600. The highest BCUT2D eigenvalue weighted by Crippen LogP contribution is 2.00. The third-order valence-corrected chi connectivity index (χ3v) is 2.95. The first-order valence-corrected chi connectivity index (χ1v) is 6.89. The zero-order valence-electron chi connectivity index (χ0n) is 10.4. The molecule has 6 amide bonds. The first-order valence-electron chi connectivity index (χ1n) is 5.82. The minimum absolute atomic E-state index is 0.286. The molecule has 20 heavy (non-hydrogen) atoms. The molecule has 8 nitrogen and oxygen atoms in total. The van der Waals surface area contributed by atoms with Crippen molar-refractivity contribution in [2.24, 2.45) is 0 Å². The largest absolute Gasteiger partial charge is 0.326 e. The molecule has 0 bridgehead atoms. The summed E-state index contributed by atoms with van der Waals surface area (Å²) in [6.07, 6.45) is 0.970. The molecule has 0 spiro atoms. The Kier molecular flexibility index (Phi) is 6.53. The molecular weight excluding hydrogens is 311 g/mol. The third kappa shape index (κ3) is 4.86. The maximum absolute atomic E-state index is 10.7. The van der Waals surface area contributed by atoms with Crippen molar-refractivity contribution in [3.63, 3.8) is 0 Å². The van der Waals surface area contributed by atoms with Gasteiger partial charge < -0.3 is 10.6 Å². The van der Waals surface area contributed by atoms with E-state index in [0.717, 1.165) is 0 Å². The molecule has 0 radical (unpaired) electrons. The predicted molar refractivity (Wildman–Crippen MR) is 71.6 cm³/mol. The highest BCUT2D eigenvalue weighted by Gasteiger charge is 2.28. The lowest BCUT2D eigenvalue weighted by molar-refractivity contribution is -0.121. The highest BCUT2D eigenvalue weighted by molar-refractivity contribution is 6.18. The molecule has 4 N–H and O–H groups in total. The number of halogens is 2. The molecule has 2 unspecified atom stereocenters. The van der Waals surface area contributed by atoms with Gasteiger partial charge in [-0.15, -0.1) is 23.2 Å². The lowest BCUT2D eigenvalue weighted by atomic mass is 10.2. The van der Waals surface area contributed by atoms with Gasteiger partial charge >= 0.3 is 12.1 Å². The van der Waals surface area contributed by atoms with Crippen molar-refractivity contribution in [3.05, 3.63) is 0 Å². The first kappa shape index (κ1) is 16.5. The van der Waals surface area contributed by atoms with E-state index in [1.807, 2.05) is 0 Å². The Morgan fingerprint density at radius 2 is 1.10 bits per heavy atom. The number of alkyl halides is 2. The third-order valence-electron chi connectivity index (χ3n) is 2.51. The Bertz CT molecular complexity index is 380. The van der Waals surface area contributed by atoms with Gasteiger partial charge in [0.2, 0.25) is 0 Å². The van der Waals surface area contributed by atoms with Crippen LogP contribution in [0.1, 0.15) is 12.8 Å². The van der Waals surface area contributed by atoms with Gasteiger partial charge in [0.05, 0.1) is 0 Å². The summed E-state index contributed by atoms with van der Waals surface area (Å²) in [5.41, 5.74) is 0. The van der Waals surface area contributed by atoms with Gasteiger partial charge in [-0.3, -0.25) is 20.2 Å². The van der Waals surface area contributed by atoms with E-state index >= 15 is 0 Å². The fourth-order valence-corrected chi connectivity index (χ4v) is 1.98. The maximum atomic E-state index is 10.7. The van der Waals surface area contributed by atoms with Gasteiger partial charge in [0.25, 0.3) is 11.8 Å². The number of carbonyl (C=O) groups is 4. The van der Waals surface area contributed by atoms with E-state index in [0.29, 0.717) is 24.6 Å². The van der Waals surface area contributed by atoms with Crippen molar-refractivity contribution in [2.75, 3.05) is 11.8 Å². The second-order valence-corrected chi connectivity index (χ2v) is 4.74. The number of imide groups is 2. The molecule has 112 valence electrons. The van der Waals surface area contributed by atoms with Crippen molar-refractivity contribution < 1.29 is 19.2 Å². The quantitative estimate of drug-likeness (QED) is 0.417. The van der Waals surface area contributed by atoms with Crippen molar-refractivity contribution in [3.8, 4) is 0 Å². The summed E-state index contributed by atoms with van der Waals surface area (Å²) in [5.74, 6) is 0.174. The van der Waals surface area contributed by atoms with E-state index in [2.05, 4.69) is 21.3 Å². The van der Waals surface area contributed by atoms with Crippen LogP contribution in [0.3, 0.4) is 0 Å². The molecule has 0 aliphatic carbocycles. The lowest BCUT2D eigenvalue weighted by Crippen LogP contribution is -2.28. The molecule has 0 aromatic heterocycles. The van der Waals surface area contributed by atoms with Crippen LogP contribution in [0.15, 0.2) is 0 Å². The second-order valence-electron chi connectivity index (χ2n) is 3.99. The SMILES string of the molecule is O=C1NC(=O)C(CCCl)N1.O=C1NC(=O)C(CCCl)N1. The van der Waals surface area contributed by atoms with Gasteiger partial charge in [-0.2, -0.15) is 0 Å². The maximum Gasteiger partial charge on any atom is 0.322 e. The summed E-state index contributed by atoms with van der Waals surface area (Å²) in [7, 11) is 0. The van der Waals surface area contributed by atoms with Crippen LogP contribution >= 0.6 is 23.2 Å². The second kappa shape index (κ2) is 7.91. The summed E-state index contributed by atoms with van der Waals surface area (Å²) >= 11 is 10.7. The predicted octanol–water partition coefficient (Wildman–Crippen LogP) is -0.353. The van der Waals surface area contributed by atoms with Crippen molar-refractivity contribution in [1.29, 1.82) is 0 Å². The highest BCUT2D eigenvalue weighted by atomic mass is 35.5. The molecule has 2 atom stereocenters. The Labute approximate surface area is 124 Å². The lowest BCUT2D eigenvalue weighted by Gasteiger charge is -2.01.